The predicted octanol–water partition coefficient (Wildman–Crippen LogP) is 2.23. The molecular formula is C10H9F5N2O. The summed E-state index contributed by atoms with van der Waals surface area (Å²) in [5, 5.41) is 1.77. The summed E-state index contributed by atoms with van der Waals surface area (Å²) in [6.45, 7) is -0.768. The van der Waals surface area contributed by atoms with Crippen LogP contribution in [0.5, 0.6) is 0 Å². The number of nitrogens with two attached hydrogens (primary N) is 1. The lowest BCUT2D eigenvalue weighted by atomic mass is 10.1. The van der Waals surface area contributed by atoms with Crippen molar-refractivity contribution in [2.75, 3.05) is 12.3 Å². The highest BCUT2D eigenvalue weighted by molar-refractivity contribution is 5.95. The lowest BCUT2D eigenvalue weighted by molar-refractivity contribution is -0.132. The first kappa shape index (κ1) is 14.2. The third-order valence-electron chi connectivity index (χ3n) is 2.04. The van der Waals surface area contributed by atoms with E-state index in [1.165, 1.54) is 0 Å². The molecule has 0 heterocycles. The van der Waals surface area contributed by atoms with Gasteiger partial charge < -0.3 is 11.1 Å². The Morgan fingerprint density at radius 3 is 2.44 bits per heavy atom. The number of anilines is 1. The van der Waals surface area contributed by atoms with Gasteiger partial charge in [-0.15, -0.1) is 0 Å². The molecule has 0 aliphatic heterocycles. The molecule has 18 heavy (non-hydrogen) atoms. The van der Waals surface area contributed by atoms with E-state index in [1.807, 2.05) is 0 Å². The summed E-state index contributed by atoms with van der Waals surface area (Å²) < 4.78 is 61.9. The highest BCUT2D eigenvalue weighted by Crippen LogP contribution is 2.20. The average Bonchev–Trinajstić information content (AvgIpc) is 2.22. The van der Waals surface area contributed by atoms with Crippen LogP contribution in [0.25, 0.3) is 0 Å². The highest BCUT2D eigenvalue weighted by atomic mass is 19.4. The number of benzene rings is 1. The molecule has 0 fully saturated rings. The number of halogens is 5. The number of hydrogen-bond acceptors (Lipinski definition) is 2. The van der Waals surface area contributed by atoms with E-state index < -0.39 is 47.9 Å². The van der Waals surface area contributed by atoms with E-state index in [0.717, 1.165) is 12.1 Å². The Morgan fingerprint density at radius 1 is 1.28 bits per heavy atom. The maximum atomic E-state index is 13.3. The molecule has 1 aromatic rings. The molecule has 1 rings (SSSR count). The molecule has 0 aliphatic carbocycles. The van der Waals surface area contributed by atoms with Gasteiger partial charge in [0, 0.05) is 6.54 Å². The number of hydrogen-bond donors (Lipinski definition) is 2. The van der Waals surface area contributed by atoms with Crippen LogP contribution in [-0.2, 0) is 0 Å². The van der Waals surface area contributed by atoms with Crippen LogP contribution in [0, 0.1) is 11.6 Å². The number of rotatable bonds is 3. The Kier molecular flexibility index (Phi) is 4.10. The Hall–Kier alpha value is -1.86. The SMILES string of the molecule is Nc1ccc(F)c(C(=O)NCCC(F)(F)F)c1F. The number of nitrogen functional groups attached to an aromatic ring is 1. The van der Waals surface area contributed by atoms with E-state index in [4.69, 9.17) is 5.73 Å². The van der Waals surface area contributed by atoms with Crippen molar-refractivity contribution in [3.05, 3.63) is 29.3 Å². The van der Waals surface area contributed by atoms with Crippen LogP contribution in [0.1, 0.15) is 16.8 Å². The largest absolute Gasteiger partial charge is 0.396 e. The summed E-state index contributed by atoms with van der Waals surface area (Å²) in [6.07, 6.45) is -5.75. The van der Waals surface area contributed by atoms with Gasteiger partial charge in [-0.25, -0.2) is 8.78 Å². The zero-order valence-electron chi connectivity index (χ0n) is 8.94. The molecule has 0 radical (unpaired) electrons. The molecule has 1 aromatic carbocycles. The summed E-state index contributed by atoms with van der Waals surface area (Å²) in [7, 11) is 0. The Balaban J connectivity index is 2.76. The van der Waals surface area contributed by atoms with E-state index in [0.29, 0.717) is 0 Å². The fraction of sp³-hybridized carbons (Fsp3) is 0.300. The maximum absolute atomic E-state index is 13.3. The predicted molar refractivity (Wildman–Crippen MR) is 53.8 cm³/mol. The lowest BCUT2D eigenvalue weighted by Crippen LogP contribution is -2.29. The molecule has 1 amide bonds. The number of nitrogens with one attached hydrogen (secondary N) is 1. The van der Waals surface area contributed by atoms with Crippen LogP contribution in [0.2, 0.25) is 0 Å². The topological polar surface area (TPSA) is 55.1 Å². The zero-order valence-corrected chi connectivity index (χ0v) is 8.94. The summed E-state index contributed by atoms with van der Waals surface area (Å²) in [5.74, 6) is -3.76. The van der Waals surface area contributed by atoms with Crippen molar-refractivity contribution in [1.82, 2.24) is 5.32 Å². The second-order valence-electron chi connectivity index (χ2n) is 3.45. The number of carbonyl (C=O) groups is 1. The van der Waals surface area contributed by atoms with E-state index in [2.05, 4.69) is 0 Å². The van der Waals surface area contributed by atoms with Gasteiger partial charge in [0.15, 0.2) is 5.82 Å². The zero-order chi connectivity index (χ0) is 13.9. The molecule has 0 saturated carbocycles. The Labute approximate surface area is 98.8 Å². The summed E-state index contributed by atoms with van der Waals surface area (Å²) in [5.41, 5.74) is 3.67. The summed E-state index contributed by atoms with van der Waals surface area (Å²) in [6, 6.07) is 1.67. The maximum Gasteiger partial charge on any atom is 0.390 e. The van der Waals surface area contributed by atoms with Crippen molar-refractivity contribution in [3.8, 4) is 0 Å². The first-order chi connectivity index (χ1) is 8.22. The van der Waals surface area contributed by atoms with Crippen molar-refractivity contribution in [1.29, 1.82) is 0 Å². The van der Waals surface area contributed by atoms with E-state index in [-0.39, 0.29) is 0 Å². The number of amides is 1. The molecule has 100 valence electrons. The van der Waals surface area contributed by atoms with Crippen LogP contribution in [0.15, 0.2) is 12.1 Å². The van der Waals surface area contributed by atoms with E-state index in [9.17, 15) is 26.7 Å². The minimum atomic E-state index is -4.46. The van der Waals surface area contributed by atoms with Crippen LogP contribution < -0.4 is 11.1 Å². The standard InChI is InChI=1S/C10H9F5N2O/c11-5-1-2-6(16)8(12)7(5)9(18)17-4-3-10(13,14)15/h1-2H,3-4,16H2,(H,17,18). The van der Waals surface area contributed by atoms with E-state index >= 15 is 0 Å². The van der Waals surface area contributed by atoms with Crippen LogP contribution >= 0.6 is 0 Å². The van der Waals surface area contributed by atoms with Gasteiger partial charge in [-0.05, 0) is 12.1 Å². The van der Waals surface area contributed by atoms with E-state index in [1.54, 1.807) is 5.32 Å². The Bertz CT molecular complexity index is 458. The summed E-state index contributed by atoms with van der Waals surface area (Å²) in [4.78, 5) is 11.3. The molecule has 0 aromatic heterocycles. The fourth-order valence-corrected chi connectivity index (χ4v) is 1.18. The molecule has 0 atom stereocenters. The van der Waals surface area contributed by atoms with Crippen LogP contribution in [0.4, 0.5) is 27.6 Å². The fourth-order valence-electron chi connectivity index (χ4n) is 1.18. The van der Waals surface area contributed by atoms with Crippen molar-refractivity contribution in [2.45, 2.75) is 12.6 Å². The van der Waals surface area contributed by atoms with Gasteiger partial charge in [-0.3, -0.25) is 4.79 Å². The van der Waals surface area contributed by atoms with Crippen molar-refractivity contribution in [2.24, 2.45) is 0 Å². The molecule has 0 spiro atoms. The molecule has 0 bridgehead atoms. The molecule has 3 nitrogen and oxygen atoms in total. The highest BCUT2D eigenvalue weighted by Gasteiger charge is 2.27. The smallest absolute Gasteiger partial charge is 0.390 e. The third-order valence-corrected chi connectivity index (χ3v) is 2.04. The molecule has 3 N–H and O–H groups in total. The second-order valence-corrected chi connectivity index (χ2v) is 3.45. The van der Waals surface area contributed by atoms with Crippen molar-refractivity contribution >= 4 is 11.6 Å². The van der Waals surface area contributed by atoms with Crippen molar-refractivity contribution < 1.29 is 26.7 Å². The first-order valence-corrected chi connectivity index (χ1v) is 4.81. The monoisotopic (exact) mass is 268 g/mol. The van der Waals surface area contributed by atoms with Gasteiger partial charge in [0.1, 0.15) is 11.4 Å². The quantitative estimate of drug-likeness (QED) is 0.652. The third kappa shape index (κ3) is 3.57. The van der Waals surface area contributed by atoms with Crippen LogP contribution in [-0.4, -0.2) is 18.6 Å². The van der Waals surface area contributed by atoms with Crippen molar-refractivity contribution in [3.63, 3.8) is 0 Å². The lowest BCUT2D eigenvalue weighted by Gasteiger charge is -2.09. The molecular weight excluding hydrogens is 259 g/mol. The normalized spacial score (nSPS) is 11.4. The van der Waals surface area contributed by atoms with Gasteiger partial charge >= 0.3 is 6.18 Å². The number of alkyl halides is 3. The second kappa shape index (κ2) is 5.19. The molecule has 8 heteroatoms. The van der Waals surface area contributed by atoms with Gasteiger partial charge in [0.25, 0.3) is 5.91 Å². The minimum absolute atomic E-state index is 0.461. The van der Waals surface area contributed by atoms with Gasteiger partial charge in [-0.2, -0.15) is 13.2 Å². The number of carbonyl (C=O) groups excluding carboxylic acids is 1. The van der Waals surface area contributed by atoms with Gasteiger partial charge in [0.2, 0.25) is 0 Å². The first-order valence-electron chi connectivity index (χ1n) is 4.81. The Morgan fingerprint density at radius 2 is 1.89 bits per heavy atom. The molecule has 0 unspecified atom stereocenters. The summed E-state index contributed by atoms with van der Waals surface area (Å²) >= 11 is 0. The average molecular weight is 268 g/mol. The minimum Gasteiger partial charge on any atom is -0.396 e. The molecule has 0 aliphatic rings. The molecule has 0 saturated heterocycles. The van der Waals surface area contributed by atoms with Crippen LogP contribution in [0.3, 0.4) is 0 Å². The van der Waals surface area contributed by atoms with Gasteiger partial charge in [0.05, 0.1) is 12.1 Å². The van der Waals surface area contributed by atoms with Gasteiger partial charge in [-0.1, -0.05) is 0 Å².